The van der Waals surface area contributed by atoms with Gasteiger partial charge >= 0.3 is 0 Å². The Hall–Kier alpha value is -1.45. The Balaban J connectivity index is 2.19. The predicted octanol–water partition coefficient (Wildman–Crippen LogP) is 3.61. The molecule has 0 unspecified atom stereocenters. The van der Waals surface area contributed by atoms with Gasteiger partial charge in [-0.2, -0.15) is 0 Å². The van der Waals surface area contributed by atoms with Crippen LogP contribution in [0.5, 0.6) is 0 Å². The first-order valence-electron chi connectivity index (χ1n) is 5.43. The highest BCUT2D eigenvalue weighted by Gasteiger charge is 2.08. The normalized spacial score (nSPS) is 10.4. The molecule has 1 aromatic carbocycles. The monoisotopic (exact) mass is 281 g/mol. The first-order chi connectivity index (χ1) is 8.56. The minimum Gasteiger partial charge on any atom is -0.396 e. The van der Waals surface area contributed by atoms with Gasteiger partial charge in [0.15, 0.2) is 5.82 Å². The predicted molar refractivity (Wildman–Crippen MR) is 77.2 cm³/mol. The van der Waals surface area contributed by atoms with E-state index in [1.54, 1.807) is 12.3 Å². The van der Waals surface area contributed by atoms with Crippen molar-refractivity contribution in [3.63, 3.8) is 0 Å². The van der Waals surface area contributed by atoms with Gasteiger partial charge < -0.3 is 10.6 Å². The van der Waals surface area contributed by atoms with Crippen molar-refractivity contribution < 1.29 is 0 Å². The summed E-state index contributed by atoms with van der Waals surface area (Å²) in [5, 5.41) is 1.25. The van der Waals surface area contributed by atoms with Crippen LogP contribution >= 0.6 is 23.2 Å². The fourth-order valence-electron chi connectivity index (χ4n) is 1.75. The van der Waals surface area contributed by atoms with Crippen LogP contribution in [-0.4, -0.2) is 12.0 Å². The number of anilines is 2. The Morgan fingerprint density at radius 2 is 2.00 bits per heavy atom. The summed E-state index contributed by atoms with van der Waals surface area (Å²) in [5.41, 5.74) is 7.55. The van der Waals surface area contributed by atoms with Gasteiger partial charge in [-0.1, -0.05) is 35.3 Å². The number of rotatable bonds is 3. The van der Waals surface area contributed by atoms with Crippen molar-refractivity contribution in [3.8, 4) is 0 Å². The second-order valence-corrected chi connectivity index (χ2v) is 4.93. The van der Waals surface area contributed by atoms with E-state index in [2.05, 4.69) is 4.98 Å². The van der Waals surface area contributed by atoms with Crippen molar-refractivity contribution in [3.05, 3.63) is 52.1 Å². The van der Waals surface area contributed by atoms with Crippen molar-refractivity contribution in [1.29, 1.82) is 0 Å². The molecule has 2 rings (SSSR count). The average Bonchev–Trinajstić information content (AvgIpc) is 2.28. The molecule has 0 saturated heterocycles. The SMILES string of the molecule is CN(Cc1cccc(Cl)c1)c1ncc(Cl)cc1N. The molecule has 0 atom stereocenters. The van der Waals surface area contributed by atoms with E-state index in [0.29, 0.717) is 23.1 Å². The average molecular weight is 282 g/mol. The number of nitrogens with two attached hydrogens (primary N) is 1. The number of nitrogens with zero attached hydrogens (tertiary/aromatic N) is 2. The summed E-state index contributed by atoms with van der Waals surface area (Å²) in [6.07, 6.45) is 1.59. The minimum atomic E-state index is 0.535. The molecule has 0 radical (unpaired) electrons. The van der Waals surface area contributed by atoms with E-state index >= 15 is 0 Å². The van der Waals surface area contributed by atoms with E-state index in [4.69, 9.17) is 28.9 Å². The molecule has 18 heavy (non-hydrogen) atoms. The molecule has 0 spiro atoms. The van der Waals surface area contributed by atoms with Crippen LogP contribution in [0.15, 0.2) is 36.5 Å². The van der Waals surface area contributed by atoms with Gasteiger partial charge in [0.25, 0.3) is 0 Å². The van der Waals surface area contributed by atoms with E-state index in [1.807, 2.05) is 36.2 Å². The molecular weight excluding hydrogens is 269 g/mol. The van der Waals surface area contributed by atoms with Crippen LogP contribution in [-0.2, 0) is 6.54 Å². The molecule has 0 amide bonds. The molecule has 94 valence electrons. The highest BCUT2D eigenvalue weighted by molar-refractivity contribution is 6.31. The molecule has 0 aliphatic heterocycles. The molecule has 2 aromatic rings. The summed E-state index contributed by atoms with van der Waals surface area (Å²) in [4.78, 5) is 6.19. The van der Waals surface area contributed by atoms with E-state index in [-0.39, 0.29) is 0 Å². The number of nitrogen functional groups attached to an aromatic ring is 1. The Bertz CT molecular complexity index is 558. The van der Waals surface area contributed by atoms with Crippen molar-refractivity contribution in [2.45, 2.75) is 6.54 Å². The second-order valence-electron chi connectivity index (χ2n) is 4.05. The summed E-state index contributed by atoms with van der Waals surface area (Å²) >= 11 is 11.8. The molecular formula is C13H13Cl2N3. The standard InChI is InChI=1S/C13H13Cl2N3/c1-18(8-9-3-2-4-10(14)5-9)13-12(16)6-11(15)7-17-13/h2-7H,8,16H2,1H3. The van der Waals surface area contributed by atoms with Crippen molar-refractivity contribution >= 4 is 34.7 Å². The van der Waals surface area contributed by atoms with Gasteiger partial charge in [-0.25, -0.2) is 4.98 Å². The lowest BCUT2D eigenvalue weighted by Gasteiger charge is -2.20. The van der Waals surface area contributed by atoms with Crippen LogP contribution in [0.1, 0.15) is 5.56 Å². The lowest BCUT2D eigenvalue weighted by Crippen LogP contribution is -2.19. The molecule has 2 N–H and O–H groups in total. The van der Waals surface area contributed by atoms with E-state index in [0.717, 1.165) is 10.6 Å². The third kappa shape index (κ3) is 3.06. The van der Waals surface area contributed by atoms with Gasteiger partial charge in [0, 0.05) is 24.8 Å². The topological polar surface area (TPSA) is 42.2 Å². The number of benzene rings is 1. The molecule has 0 saturated carbocycles. The summed E-state index contributed by atoms with van der Waals surface area (Å²) in [7, 11) is 1.92. The van der Waals surface area contributed by atoms with Crippen LogP contribution in [0.4, 0.5) is 11.5 Å². The third-order valence-corrected chi connectivity index (χ3v) is 2.97. The molecule has 5 heteroatoms. The number of hydrogen-bond donors (Lipinski definition) is 1. The fourth-order valence-corrected chi connectivity index (χ4v) is 2.13. The Labute approximate surface area is 116 Å². The zero-order chi connectivity index (χ0) is 13.1. The van der Waals surface area contributed by atoms with Gasteiger partial charge in [0.1, 0.15) is 0 Å². The van der Waals surface area contributed by atoms with Gasteiger partial charge in [0.2, 0.25) is 0 Å². The van der Waals surface area contributed by atoms with E-state index in [1.165, 1.54) is 0 Å². The fraction of sp³-hybridized carbons (Fsp3) is 0.154. The minimum absolute atomic E-state index is 0.535. The van der Waals surface area contributed by atoms with Crippen LogP contribution in [0.2, 0.25) is 10.0 Å². The first-order valence-corrected chi connectivity index (χ1v) is 6.18. The molecule has 0 bridgehead atoms. The van der Waals surface area contributed by atoms with Gasteiger partial charge in [0.05, 0.1) is 10.7 Å². The highest BCUT2D eigenvalue weighted by Crippen LogP contribution is 2.24. The Kier molecular flexibility index (Phi) is 3.94. The van der Waals surface area contributed by atoms with Crippen LogP contribution in [0.3, 0.4) is 0 Å². The summed E-state index contributed by atoms with van der Waals surface area (Å²) in [6, 6.07) is 9.39. The quantitative estimate of drug-likeness (QED) is 0.935. The maximum atomic E-state index is 5.95. The smallest absolute Gasteiger partial charge is 0.151 e. The molecule has 0 aliphatic carbocycles. The van der Waals surface area contributed by atoms with Crippen molar-refractivity contribution in [1.82, 2.24) is 4.98 Å². The zero-order valence-corrected chi connectivity index (χ0v) is 11.4. The number of pyridine rings is 1. The Morgan fingerprint density at radius 1 is 1.22 bits per heavy atom. The lowest BCUT2D eigenvalue weighted by atomic mass is 10.2. The molecule has 0 aliphatic rings. The van der Waals surface area contributed by atoms with Crippen LogP contribution in [0, 0.1) is 0 Å². The first kappa shape index (κ1) is 13.0. The van der Waals surface area contributed by atoms with Gasteiger partial charge in [-0.15, -0.1) is 0 Å². The zero-order valence-electron chi connectivity index (χ0n) is 9.90. The Morgan fingerprint density at radius 3 is 2.67 bits per heavy atom. The van der Waals surface area contributed by atoms with Crippen LogP contribution in [0.25, 0.3) is 0 Å². The molecule has 1 heterocycles. The summed E-state index contributed by atoms with van der Waals surface area (Å²) in [5.74, 6) is 0.708. The van der Waals surface area contributed by atoms with Crippen molar-refractivity contribution in [2.24, 2.45) is 0 Å². The number of aromatic nitrogens is 1. The number of hydrogen-bond acceptors (Lipinski definition) is 3. The molecule has 0 fully saturated rings. The molecule has 3 nitrogen and oxygen atoms in total. The molecule has 1 aromatic heterocycles. The summed E-state index contributed by atoms with van der Waals surface area (Å²) in [6.45, 7) is 0.680. The van der Waals surface area contributed by atoms with E-state index in [9.17, 15) is 0 Å². The highest BCUT2D eigenvalue weighted by atomic mass is 35.5. The summed E-state index contributed by atoms with van der Waals surface area (Å²) < 4.78 is 0. The van der Waals surface area contributed by atoms with E-state index < -0.39 is 0 Å². The maximum absolute atomic E-state index is 5.95. The number of halogens is 2. The third-order valence-electron chi connectivity index (χ3n) is 2.53. The van der Waals surface area contributed by atoms with Crippen molar-refractivity contribution in [2.75, 3.05) is 17.7 Å². The second kappa shape index (κ2) is 5.46. The van der Waals surface area contributed by atoms with Gasteiger partial charge in [-0.3, -0.25) is 0 Å². The van der Waals surface area contributed by atoms with Gasteiger partial charge in [-0.05, 0) is 23.8 Å². The maximum Gasteiger partial charge on any atom is 0.151 e. The van der Waals surface area contributed by atoms with Crippen LogP contribution < -0.4 is 10.6 Å². The largest absolute Gasteiger partial charge is 0.396 e. The lowest BCUT2D eigenvalue weighted by molar-refractivity contribution is 0.900.